The maximum Gasteiger partial charge on any atom is 0.0620 e. The quantitative estimate of drug-likeness (QED) is 0.677. The van der Waals surface area contributed by atoms with Gasteiger partial charge in [0, 0.05) is 6.54 Å². The van der Waals surface area contributed by atoms with Crippen LogP contribution in [0.5, 0.6) is 0 Å². The van der Waals surface area contributed by atoms with Gasteiger partial charge in [-0.1, -0.05) is 55.1 Å². The lowest BCUT2D eigenvalue weighted by Gasteiger charge is -2.17. The minimum absolute atomic E-state index is 0.950. The van der Waals surface area contributed by atoms with Crippen LogP contribution in [0.4, 0.5) is 5.69 Å². The van der Waals surface area contributed by atoms with E-state index in [1.54, 1.807) is 0 Å². The molecule has 1 aliphatic rings. The molecule has 0 bridgehead atoms. The smallest absolute Gasteiger partial charge is 0.0620 e. The number of nitrogens with one attached hydrogen (secondary N) is 1. The number of benzene rings is 2. The van der Waals surface area contributed by atoms with Crippen LogP contribution in [-0.4, -0.2) is 12.8 Å². The van der Waals surface area contributed by atoms with Crippen molar-refractivity contribution in [3.63, 3.8) is 0 Å². The van der Waals surface area contributed by atoms with Gasteiger partial charge in [-0.2, -0.15) is 5.10 Å². The number of rotatable bonds is 4. The van der Waals surface area contributed by atoms with E-state index in [-0.39, 0.29) is 0 Å². The summed E-state index contributed by atoms with van der Waals surface area (Å²) < 4.78 is 0. The van der Waals surface area contributed by atoms with E-state index in [2.05, 4.69) is 46.5 Å². The molecule has 3 nitrogen and oxygen atoms in total. The Bertz CT molecular complexity index is 629. The number of hydrazone groups is 1. The van der Waals surface area contributed by atoms with Crippen LogP contribution in [0.25, 0.3) is 6.08 Å². The Kier molecular flexibility index (Phi) is 3.50. The van der Waals surface area contributed by atoms with Crippen LogP contribution in [0.1, 0.15) is 16.7 Å². The number of fused-ring (bicyclic) bond motifs is 1. The van der Waals surface area contributed by atoms with Crippen molar-refractivity contribution in [2.24, 2.45) is 5.10 Å². The first kappa shape index (κ1) is 12.5. The largest absolute Gasteiger partial charge is 0.272 e. The summed E-state index contributed by atoms with van der Waals surface area (Å²) in [6, 6.07) is 16.5. The van der Waals surface area contributed by atoms with Crippen LogP contribution in [0.2, 0.25) is 0 Å². The van der Waals surface area contributed by atoms with Crippen molar-refractivity contribution in [3.05, 3.63) is 71.8 Å². The molecule has 3 heteroatoms. The van der Waals surface area contributed by atoms with Gasteiger partial charge in [0.25, 0.3) is 0 Å². The third-order valence-electron chi connectivity index (χ3n) is 3.45. The van der Waals surface area contributed by atoms with E-state index < -0.39 is 0 Å². The van der Waals surface area contributed by atoms with Crippen molar-refractivity contribution < 1.29 is 0 Å². The molecule has 1 N–H and O–H groups in total. The standard InChI is InChI=1S/C17H17N3/c1-2-14-7-9-15(10-8-14)13-18-19-20-12-11-16-5-3-4-6-17(16)20/h2-10,13,19H,1,11-12H2. The van der Waals surface area contributed by atoms with Crippen LogP contribution in [0.3, 0.4) is 0 Å². The monoisotopic (exact) mass is 263 g/mol. The average molecular weight is 263 g/mol. The highest BCUT2D eigenvalue weighted by Gasteiger charge is 2.17. The molecule has 0 amide bonds. The van der Waals surface area contributed by atoms with Gasteiger partial charge in [-0.05, 0) is 29.2 Å². The first-order valence-electron chi connectivity index (χ1n) is 6.73. The van der Waals surface area contributed by atoms with E-state index in [0.29, 0.717) is 0 Å². The van der Waals surface area contributed by atoms with Gasteiger partial charge in [0.05, 0.1) is 11.9 Å². The van der Waals surface area contributed by atoms with E-state index in [4.69, 9.17) is 0 Å². The van der Waals surface area contributed by atoms with Crippen LogP contribution in [0.15, 0.2) is 60.2 Å². The summed E-state index contributed by atoms with van der Waals surface area (Å²) in [5.74, 6) is 0. The number of hydrazine groups is 1. The molecular weight excluding hydrogens is 246 g/mol. The molecular formula is C17H17N3. The lowest BCUT2D eigenvalue weighted by atomic mass is 10.1. The second-order valence-electron chi connectivity index (χ2n) is 4.76. The summed E-state index contributed by atoms with van der Waals surface area (Å²) >= 11 is 0. The Morgan fingerprint density at radius 2 is 1.80 bits per heavy atom. The number of hydrogen-bond donors (Lipinski definition) is 1. The molecule has 2 aromatic carbocycles. The third-order valence-corrected chi connectivity index (χ3v) is 3.45. The molecule has 0 saturated heterocycles. The van der Waals surface area contributed by atoms with Gasteiger partial charge in [-0.3, -0.25) is 5.01 Å². The zero-order valence-corrected chi connectivity index (χ0v) is 11.3. The molecule has 0 atom stereocenters. The summed E-state index contributed by atoms with van der Waals surface area (Å²) in [6.45, 7) is 4.69. The number of para-hydroxylation sites is 1. The van der Waals surface area contributed by atoms with Crippen molar-refractivity contribution in [2.45, 2.75) is 6.42 Å². The van der Waals surface area contributed by atoms with E-state index in [0.717, 1.165) is 24.1 Å². The molecule has 3 rings (SSSR count). The van der Waals surface area contributed by atoms with Gasteiger partial charge < -0.3 is 0 Å². The first-order chi connectivity index (χ1) is 9.86. The number of anilines is 1. The molecule has 0 spiro atoms. The zero-order chi connectivity index (χ0) is 13.8. The maximum atomic E-state index is 4.30. The summed E-state index contributed by atoms with van der Waals surface area (Å²) in [6.07, 6.45) is 4.72. The lowest BCUT2D eigenvalue weighted by molar-refractivity contribution is 0.684. The van der Waals surface area contributed by atoms with E-state index in [9.17, 15) is 0 Å². The lowest BCUT2D eigenvalue weighted by Crippen LogP contribution is -2.32. The highest BCUT2D eigenvalue weighted by molar-refractivity contribution is 5.79. The molecule has 2 aromatic rings. The molecule has 1 aliphatic heterocycles. The van der Waals surface area contributed by atoms with Gasteiger partial charge in [0.2, 0.25) is 0 Å². The Balaban J connectivity index is 1.65. The fourth-order valence-electron chi connectivity index (χ4n) is 2.33. The summed E-state index contributed by atoms with van der Waals surface area (Å²) in [7, 11) is 0. The fourth-order valence-corrected chi connectivity index (χ4v) is 2.33. The molecule has 0 radical (unpaired) electrons. The second kappa shape index (κ2) is 5.61. The predicted octanol–water partition coefficient (Wildman–Crippen LogP) is 3.23. The zero-order valence-electron chi connectivity index (χ0n) is 11.3. The van der Waals surface area contributed by atoms with Gasteiger partial charge in [0.15, 0.2) is 0 Å². The fraction of sp³-hybridized carbons (Fsp3) is 0.118. The average Bonchev–Trinajstić information content (AvgIpc) is 2.92. The Morgan fingerprint density at radius 3 is 2.60 bits per heavy atom. The van der Waals surface area contributed by atoms with Gasteiger partial charge in [-0.15, -0.1) is 0 Å². The highest BCUT2D eigenvalue weighted by Crippen LogP contribution is 2.25. The van der Waals surface area contributed by atoms with Gasteiger partial charge in [-0.25, -0.2) is 5.53 Å². The third kappa shape index (κ3) is 2.57. The minimum Gasteiger partial charge on any atom is -0.272 e. The maximum absolute atomic E-state index is 4.30. The minimum atomic E-state index is 0.950. The molecule has 0 unspecified atom stereocenters. The summed E-state index contributed by atoms with van der Waals surface area (Å²) in [4.78, 5) is 0. The summed E-state index contributed by atoms with van der Waals surface area (Å²) in [5, 5.41) is 6.38. The van der Waals surface area contributed by atoms with Crippen LogP contribution < -0.4 is 10.5 Å². The van der Waals surface area contributed by atoms with Gasteiger partial charge >= 0.3 is 0 Å². The Hall–Kier alpha value is -2.55. The Labute approximate surface area is 119 Å². The van der Waals surface area contributed by atoms with Crippen molar-refractivity contribution in [2.75, 3.05) is 11.6 Å². The van der Waals surface area contributed by atoms with Crippen LogP contribution in [-0.2, 0) is 6.42 Å². The van der Waals surface area contributed by atoms with Crippen molar-refractivity contribution in [1.82, 2.24) is 5.53 Å². The van der Waals surface area contributed by atoms with E-state index in [1.165, 1.54) is 11.3 Å². The molecule has 100 valence electrons. The van der Waals surface area contributed by atoms with Gasteiger partial charge in [0.1, 0.15) is 0 Å². The Morgan fingerprint density at radius 1 is 1.05 bits per heavy atom. The van der Waals surface area contributed by atoms with Crippen molar-refractivity contribution in [1.29, 1.82) is 0 Å². The molecule has 0 aliphatic carbocycles. The van der Waals surface area contributed by atoms with E-state index >= 15 is 0 Å². The topological polar surface area (TPSA) is 27.6 Å². The van der Waals surface area contributed by atoms with Crippen molar-refractivity contribution >= 4 is 18.0 Å². The first-order valence-corrected chi connectivity index (χ1v) is 6.73. The molecule has 20 heavy (non-hydrogen) atoms. The second-order valence-corrected chi connectivity index (χ2v) is 4.76. The van der Waals surface area contributed by atoms with Crippen LogP contribution in [0, 0.1) is 0 Å². The summed E-state index contributed by atoms with van der Waals surface area (Å²) in [5.41, 5.74) is 7.86. The number of nitrogens with zero attached hydrogens (tertiary/aromatic N) is 2. The van der Waals surface area contributed by atoms with Crippen LogP contribution >= 0.6 is 0 Å². The van der Waals surface area contributed by atoms with E-state index in [1.807, 2.05) is 36.6 Å². The highest BCUT2D eigenvalue weighted by atomic mass is 15.7. The predicted molar refractivity (Wildman–Crippen MR) is 84.8 cm³/mol. The molecule has 0 fully saturated rings. The molecule has 0 saturated carbocycles. The molecule has 1 heterocycles. The number of hydrogen-bond acceptors (Lipinski definition) is 3. The SMILES string of the molecule is C=Cc1ccc(C=NNN2CCc3ccccc32)cc1. The molecule has 0 aromatic heterocycles. The van der Waals surface area contributed by atoms with Crippen molar-refractivity contribution in [3.8, 4) is 0 Å². The normalized spacial score (nSPS) is 13.5.